The van der Waals surface area contributed by atoms with Crippen molar-refractivity contribution < 1.29 is 9.90 Å². The zero-order valence-corrected chi connectivity index (χ0v) is 12.2. The first-order valence-corrected chi connectivity index (χ1v) is 7.08. The summed E-state index contributed by atoms with van der Waals surface area (Å²) in [6, 6.07) is 5.88. The number of amides is 1. The van der Waals surface area contributed by atoms with Crippen LogP contribution in [0.2, 0.25) is 0 Å². The van der Waals surface area contributed by atoms with Crippen LogP contribution in [0.5, 0.6) is 0 Å². The molecule has 0 aliphatic carbocycles. The van der Waals surface area contributed by atoms with Crippen LogP contribution in [0.1, 0.15) is 0 Å². The predicted molar refractivity (Wildman–Crippen MR) is 79.0 cm³/mol. The molecule has 104 valence electrons. The van der Waals surface area contributed by atoms with Gasteiger partial charge >= 0.3 is 6.09 Å². The Hall–Kier alpha value is -1.89. The second-order valence-electron chi connectivity index (χ2n) is 4.59. The molecule has 0 bridgehead atoms. The van der Waals surface area contributed by atoms with Crippen molar-refractivity contribution in [2.45, 2.75) is 0 Å². The molecule has 2 aromatic rings. The molecule has 1 fully saturated rings. The maximum absolute atomic E-state index is 10.9. The van der Waals surface area contributed by atoms with Crippen molar-refractivity contribution in [3.8, 4) is 0 Å². The molecular formula is C13H13BrN4O2. The molecule has 1 aromatic heterocycles. The first-order chi connectivity index (χ1) is 9.66. The summed E-state index contributed by atoms with van der Waals surface area (Å²) in [5.74, 6) is 0.862. The van der Waals surface area contributed by atoms with Crippen LogP contribution in [0, 0.1) is 0 Å². The molecule has 1 amide bonds. The Balaban J connectivity index is 1.92. The number of halogens is 1. The van der Waals surface area contributed by atoms with E-state index >= 15 is 0 Å². The number of hydrogen-bond acceptors (Lipinski definition) is 4. The molecule has 0 radical (unpaired) electrons. The molecule has 0 atom stereocenters. The Morgan fingerprint density at radius 1 is 1.20 bits per heavy atom. The van der Waals surface area contributed by atoms with Crippen LogP contribution >= 0.6 is 15.9 Å². The van der Waals surface area contributed by atoms with Gasteiger partial charge in [-0.25, -0.2) is 14.8 Å². The number of carboxylic acid groups (broad SMARTS) is 1. The standard InChI is InChI=1S/C13H13BrN4O2/c14-10-3-1-2-9-11(10)15-8-16-12(9)17-4-6-18(7-5-17)13(19)20/h1-3,8H,4-7H2,(H,19,20). The van der Waals surface area contributed by atoms with Crippen molar-refractivity contribution in [2.75, 3.05) is 31.1 Å². The van der Waals surface area contributed by atoms with E-state index in [1.165, 1.54) is 4.90 Å². The number of benzene rings is 1. The summed E-state index contributed by atoms with van der Waals surface area (Å²) in [6.07, 6.45) is 0.686. The first-order valence-electron chi connectivity index (χ1n) is 6.29. The fourth-order valence-electron chi connectivity index (χ4n) is 2.40. The van der Waals surface area contributed by atoms with E-state index in [9.17, 15) is 4.79 Å². The highest BCUT2D eigenvalue weighted by Gasteiger charge is 2.22. The van der Waals surface area contributed by atoms with Gasteiger partial charge in [-0.3, -0.25) is 0 Å². The van der Waals surface area contributed by atoms with Crippen LogP contribution in [0.4, 0.5) is 10.6 Å². The molecule has 1 aliphatic heterocycles. The molecule has 0 unspecified atom stereocenters. The molecule has 20 heavy (non-hydrogen) atoms. The number of para-hydroxylation sites is 1. The maximum atomic E-state index is 10.9. The average molecular weight is 337 g/mol. The summed E-state index contributed by atoms with van der Waals surface area (Å²) in [6.45, 7) is 2.28. The summed E-state index contributed by atoms with van der Waals surface area (Å²) in [4.78, 5) is 23.1. The number of hydrogen-bond donors (Lipinski definition) is 1. The lowest BCUT2D eigenvalue weighted by Crippen LogP contribution is -2.48. The Kier molecular flexibility index (Phi) is 3.43. The summed E-state index contributed by atoms with van der Waals surface area (Å²) in [5, 5.41) is 9.96. The topological polar surface area (TPSA) is 69.6 Å². The zero-order chi connectivity index (χ0) is 14.1. The minimum Gasteiger partial charge on any atom is -0.465 e. The molecule has 7 heteroatoms. The monoisotopic (exact) mass is 336 g/mol. The molecular weight excluding hydrogens is 324 g/mol. The minimum atomic E-state index is -0.861. The molecule has 1 aromatic carbocycles. The number of rotatable bonds is 1. The van der Waals surface area contributed by atoms with Crippen LogP contribution in [0.25, 0.3) is 10.9 Å². The summed E-state index contributed by atoms with van der Waals surface area (Å²) in [5.41, 5.74) is 0.873. The van der Waals surface area contributed by atoms with Crippen LogP contribution in [0.15, 0.2) is 29.0 Å². The van der Waals surface area contributed by atoms with E-state index in [1.807, 2.05) is 18.2 Å². The van der Waals surface area contributed by atoms with Gasteiger partial charge in [0, 0.05) is 36.0 Å². The Bertz CT molecular complexity index is 656. The fraction of sp³-hybridized carbons (Fsp3) is 0.308. The average Bonchev–Trinajstić information content (AvgIpc) is 2.47. The summed E-state index contributed by atoms with van der Waals surface area (Å²) >= 11 is 3.49. The Labute approximate surface area is 124 Å². The van der Waals surface area contributed by atoms with Crippen molar-refractivity contribution in [2.24, 2.45) is 0 Å². The highest BCUT2D eigenvalue weighted by molar-refractivity contribution is 9.10. The smallest absolute Gasteiger partial charge is 0.407 e. The fourth-order valence-corrected chi connectivity index (χ4v) is 2.87. The van der Waals surface area contributed by atoms with Gasteiger partial charge in [0.05, 0.1) is 5.52 Å². The summed E-state index contributed by atoms with van der Waals surface area (Å²) in [7, 11) is 0. The van der Waals surface area contributed by atoms with E-state index in [2.05, 4.69) is 30.8 Å². The molecule has 3 rings (SSSR count). The van der Waals surface area contributed by atoms with Gasteiger partial charge in [0.1, 0.15) is 12.1 Å². The lowest BCUT2D eigenvalue weighted by molar-refractivity contribution is 0.142. The van der Waals surface area contributed by atoms with Crippen LogP contribution in [0.3, 0.4) is 0 Å². The molecule has 6 nitrogen and oxygen atoms in total. The Morgan fingerprint density at radius 3 is 2.65 bits per heavy atom. The predicted octanol–water partition coefficient (Wildman–Crippen LogP) is 2.19. The Morgan fingerprint density at radius 2 is 1.95 bits per heavy atom. The number of anilines is 1. The zero-order valence-electron chi connectivity index (χ0n) is 10.7. The van der Waals surface area contributed by atoms with Gasteiger partial charge in [-0.2, -0.15) is 0 Å². The molecule has 1 saturated heterocycles. The number of piperazine rings is 1. The number of carbonyl (C=O) groups is 1. The van der Waals surface area contributed by atoms with Crippen LogP contribution < -0.4 is 4.90 Å². The van der Waals surface area contributed by atoms with E-state index in [-0.39, 0.29) is 0 Å². The number of nitrogens with zero attached hydrogens (tertiary/aromatic N) is 4. The van der Waals surface area contributed by atoms with E-state index in [0.29, 0.717) is 26.2 Å². The van der Waals surface area contributed by atoms with Crippen LogP contribution in [-0.4, -0.2) is 52.2 Å². The van der Waals surface area contributed by atoms with E-state index in [1.54, 1.807) is 6.33 Å². The lowest BCUT2D eigenvalue weighted by Gasteiger charge is -2.34. The highest BCUT2D eigenvalue weighted by Crippen LogP contribution is 2.28. The van der Waals surface area contributed by atoms with Crippen molar-refractivity contribution in [3.63, 3.8) is 0 Å². The van der Waals surface area contributed by atoms with Crippen molar-refractivity contribution in [1.29, 1.82) is 0 Å². The molecule has 2 heterocycles. The quantitative estimate of drug-likeness (QED) is 0.864. The van der Waals surface area contributed by atoms with E-state index < -0.39 is 6.09 Å². The lowest BCUT2D eigenvalue weighted by atomic mass is 10.2. The highest BCUT2D eigenvalue weighted by atomic mass is 79.9. The van der Waals surface area contributed by atoms with Gasteiger partial charge in [-0.05, 0) is 28.1 Å². The van der Waals surface area contributed by atoms with Gasteiger partial charge in [-0.15, -0.1) is 0 Å². The summed E-state index contributed by atoms with van der Waals surface area (Å²) < 4.78 is 0.933. The molecule has 0 spiro atoms. The second-order valence-corrected chi connectivity index (χ2v) is 5.44. The SMILES string of the molecule is O=C(O)N1CCN(c2ncnc3c(Br)cccc23)CC1. The van der Waals surface area contributed by atoms with Crippen molar-refractivity contribution in [1.82, 2.24) is 14.9 Å². The largest absolute Gasteiger partial charge is 0.465 e. The normalized spacial score (nSPS) is 15.7. The van der Waals surface area contributed by atoms with Gasteiger partial charge in [0.15, 0.2) is 0 Å². The third-order valence-electron chi connectivity index (χ3n) is 3.44. The number of aromatic nitrogens is 2. The minimum absolute atomic E-state index is 0.495. The second kappa shape index (κ2) is 5.24. The number of fused-ring (bicyclic) bond motifs is 1. The molecule has 1 N–H and O–H groups in total. The first kappa shape index (κ1) is 13.1. The van der Waals surface area contributed by atoms with Gasteiger partial charge < -0.3 is 14.9 Å². The van der Waals surface area contributed by atoms with Crippen LogP contribution in [-0.2, 0) is 0 Å². The van der Waals surface area contributed by atoms with Gasteiger partial charge in [-0.1, -0.05) is 6.07 Å². The van der Waals surface area contributed by atoms with E-state index in [0.717, 1.165) is 21.2 Å². The van der Waals surface area contributed by atoms with Gasteiger partial charge in [0.2, 0.25) is 0 Å². The van der Waals surface area contributed by atoms with Crippen molar-refractivity contribution in [3.05, 3.63) is 29.0 Å². The third kappa shape index (κ3) is 2.29. The third-order valence-corrected chi connectivity index (χ3v) is 4.08. The molecule has 1 aliphatic rings. The molecule has 0 saturated carbocycles. The van der Waals surface area contributed by atoms with E-state index in [4.69, 9.17) is 5.11 Å². The van der Waals surface area contributed by atoms with Crippen molar-refractivity contribution >= 4 is 38.7 Å². The maximum Gasteiger partial charge on any atom is 0.407 e. The van der Waals surface area contributed by atoms with Gasteiger partial charge in [0.25, 0.3) is 0 Å².